The lowest BCUT2D eigenvalue weighted by molar-refractivity contribution is -0.136. The summed E-state index contributed by atoms with van der Waals surface area (Å²) in [6, 6.07) is 0. The van der Waals surface area contributed by atoms with Gasteiger partial charge in [-0.05, 0) is 33.6 Å². The zero-order valence-electron chi connectivity index (χ0n) is 15.5. The number of aromatic amines is 1. The molecule has 1 atom stereocenters. The van der Waals surface area contributed by atoms with E-state index in [2.05, 4.69) is 25.6 Å². The highest BCUT2D eigenvalue weighted by molar-refractivity contribution is 5.93. The maximum absolute atomic E-state index is 12.3. The number of hydrogen-bond donors (Lipinski definition) is 2. The molecule has 0 saturated carbocycles. The number of likely N-dealkylation sites (tertiary alicyclic amines) is 1. The van der Waals surface area contributed by atoms with Crippen LogP contribution in [0.15, 0.2) is 10.8 Å². The van der Waals surface area contributed by atoms with Crippen LogP contribution in [0.1, 0.15) is 45.8 Å². The van der Waals surface area contributed by atoms with Crippen LogP contribution in [0.25, 0.3) is 0 Å². The number of aryl methyl sites for hydroxylation is 2. The molecule has 2 saturated heterocycles. The van der Waals surface area contributed by atoms with Crippen molar-refractivity contribution in [2.24, 2.45) is 0 Å². The summed E-state index contributed by atoms with van der Waals surface area (Å²) in [4.78, 5) is 14.6. The Kier molecular flexibility index (Phi) is 4.32. The summed E-state index contributed by atoms with van der Waals surface area (Å²) in [5, 5.41) is 13.8. The van der Waals surface area contributed by atoms with E-state index in [0.29, 0.717) is 12.2 Å². The van der Waals surface area contributed by atoms with Crippen LogP contribution in [0.2, 0.25) is 0 Å². The predicted octanol–water partition coefficient (Wildman–Crippen LogP) is 1.49. The van der Waals surface area contributed by atoms with E-state index in [4.69, 9.17) is 9.26 Å². The normalized spacial score (nSPS) is 21.9. The van der Waals surface area contributed by atoms with Gasteiger partial charge in [0.15, 0.2) is 5.69 Å². The van der Waals surface area contributed by atoms with Gasteiger partial charge >= 0.3 is 0 Å². The first-order chi connectivity index (χ1) is 12.5. The van der Waals surface area contributed by atoms with Crippen molar-refractivity contribution in [3.8, 4) is 0 Å². The van der Waals surface area contributed by atoms with Crippen molar-refractivity contribution in [1.82, 2.24) is 25.6 Å². The Morgan fingerprint density at radius 1 is 1.42 bits per heavy atom. The quantitative estimate of drug-likeness (QED) is 0.840. The van der Waals surface area contributed by atoms with E-state index >= 15 is 0 Å². The summed E-state index contributed by atoms with van der Waals surface area (Å²) in [7, 11) is 0. The summed E-state index contributed by atoms with van der Waals surface area (Å²) in [6.07, 6.45) is 3.79. The number of H-pyrrole nitrogens is 1. The molecule has 2 aromatic rings. The number of carbonyl (C=O) groups excluding carboxylic acids is 1. The molecule has 26 heavy (non-hydrogen) atoms. The van der Waals surface area contributed by atoms with Crippen LogP contribution in [0, 0.1) is 20.8 Å². The largest absolute Gasteiger partial charge is 0.367 e. The third-order valence-corrected chi connectivity index (χ3v) is 5.56. The zero-order chi connectivity index (χ0) is 18.3. The smallest absolute Gasteiger partial charge is 0.272 e. The van der Waals surface area contributed by atoms with Crippen molar-refractivity contribution >= 4 is 5.91 Å². The van der Waals surface area contributed by atoms with Crippen molar-refractivity contribution < 1.29 is 14.1 Å². The predicted molar refractivity (Wildman–Crippen MR) is 93.7 cm³/mol. The van der Waals surface area contributed by atoms with Gasteiger partial charge in [0.2, 0.25) is 0 Å². The van der Waals surface area contributed by atoms with Crippen molar-refractivity contribution in [3.63, 3.8) is 0 Å². The first-order valence-corrected chi connectivity index (χ1v) is 9.05. The number of carbonyl (C=O) groups is 1. The number of rotatable bonds is 5. The van der Waals surface area contributed by atoms with Crippen LogP contribution in [0.4, 0.5) is 0 Å². The number of ether oxygens (including phenoxy) is 1. The SMILES string of the molecule is Cc1nocc1CN1CC2(CCC(CNC(=O)c3n[nH]c(C)c3C)O2)C1. The van der Waals surface area contributed by atoms with Crippen molar-refractivity contribution in [1.29, 1.82) is 0 Å². The third kappa shape index (κ3) is 3.14. The lowest BCUT2D eigenvalue weighted by Crippen LogP contribution is -2.61. The first kappa shape index (κ1) is 17.2. The van der Waals surface area contributed by atoms with E-state index in [-0.39, 0.29) is 17.6 Å². The van der Waals surface area contributed by atoms with Gasteiger partial charge in [-0.15, -0.1) is 0 Å². The van der Waals surface area contributed by atoms with Gasteiger partial charge < -0.3 is 14.6 Å². The molecule has 0 aromatic carbocycles. The fourth-order valence-corrected chi connectivity index (χ4v) is 3.85. The van der Waals surface area contributed by atoms with E-state index < -0.39 is 0 Å². The van der Waals surface area contributed by atoms with Gasteiger partial charge in [-0.3, -0.25) is 14.8 Å². The molecule has 140 valence electrons. The molecule has 4 heterocycles. The molecule has 4 rings (SSSR count). The molecule has 1 amide bonds. The second-order valence-electron chi connectivity index (χ2n) is 7.56. The molecule has 2 N–H and O–H groups in total. The van der Waals surface area contributed by atoms with Crippen LogP contribution in [-0.4, -0.2) is 57.5 Å². The van der Waals surface area contributed by atoms with Crippen LogP contribution < -0.4 is 5.32 Å². The standard InChI is InChI=1S/C18H25N5O3/c1-11-12(2)20-21-16(11)17(24)19-6-15-4-5-18(26-15)9-23(10-18)7-14-8-25-22-13(14)3/h8,15H,4-7,9-10H2,1-3H3,(H,19,24)(H,20,21). The van der Waals surface area contributed by atoms with Gasteiger partial charge in [-0.25, -0.2) is 0 Å². The van der Waals surface area contributed by atoms with Crippen molar-refractivity contribution in [3.05, 3.63) is 34.5 Å². The summed E-state index contributed by atoms with van der Waals surface area (Å²) in [5.74, 6) is -0.144. The Hall–Kier alpha value is -2.19. The molecule has 0 radical (unpaired) electrons. The lowest BCUT2D eigenvalue weighted by Gasteiger charge is -2.47. The van der Waals surface area contributed by atoms with Crippen LogP contribution in [-0.2, 0) is 11.3 Å². The van der Waals surface area contributed by atoms with Crippen LogP contribution >= 0.6 is 0 Å². The first-order valence-electron chi connectivity index (χ1n) is 9.05. The molecule has 8 heteroatoms. The second kappa shape index (κ2) is 6.51. The second-order valence-corrected chi connectivity index (χ2v) is 7.56. The maximum Gasteiger partial charge on any atom is 0.272 e. The fraction of sp³-hybridized carbons (Fsp3) is 0.611. The zero-order valence-corrected chi connectivity index (χ0v) is 15.5. The van der Waals surface area contributed by atoms with Crippen molar-refractivity contribution in [2.75, 3.05) is 19.6 Å². The molecular formula is C18H25N5O3. The van der Waals surface area contributed by atoms with Crippen molar-refractivity contribution in [2.45, 2.75) is 51.9 Å². The number of hydrogen-bond acceptors (Lipinski definition) is 6. The molecule has 0 bridgehead atoms. The maximum atomic E-state index is 12.3. The van der Waals surface area contributed by atoms with Gasteiger partial charge in [0.25, 0.3) is 5.91 Å². The monoisotopic (exact) mass is 359 g/mol. The Labute approximate surface area is 152 Å². The van der Waals surface area contributed by atoms with Crippen LogP contribution in [0.5, 0.6) is 0 Å². The molecule has 8 nitrogen and oxygen atoms in total. The van der Waals surface area contributed by atoms with E-state index in [9.17, 15) is 4.79 Å². The minimum Gasteiger partial charge on any atom is -0.367 e. The van der Waals surface area contributed by atoms with Gasteiger partial charge in [-0.1, -0.05) is 5.16 Å². The molecule has 1 spiro atoms. The summed E-state index contributed by atoms with van der Waals surface area (Å²) >= 11 is 0. The topological polar surface area (TPSA) is 96.3 Å². The molecule has 1 unspecified atom stereocenters. The summed E-state index contributed by atoms with van der Waals surface area (Å²) in [5.41, 5.74) is 4.30. The fourth-order valence-electron chi connectivity index (χ4n) is 3.85. The molecule has 0 aliphatic carbocycles. The van der Waals surface area contributed by atoms with E-state index in [1.54, 1.807) is 6.26 Å². The minimum atomic E-state index is -0.144. The van der Waals surface area contributed by atoms with Gasteiger partial charge in [0.1, 0.15) is 6.26 Å². The number of aromatic nitrogens is 3. The Balaban J connectivity index is 1.24. The van der Waals surface area contributed by atoms with Gasteiger partial charge in [0.05, 0.1) is 17.4 Å². The van der Waals surface area contributed by atoms with Gasteiger partial charge in [0, 0.05) is 43.0 Å². The molecule has 2 aliphatic heterocycles. The van der Waals surface area contributed by atoms with E-state index in [1.807, 2.05) is 20.8 Å². The van der Waals surface area contributed by atoms with E-state index in [1.165, 1.54) is 0 Å². The highest BCUT2D eigenvalue weighted by Gasteiger charge is 2.49. The van der Waals surface area contributed by atoms with Crippen LogP contribution in [0.3, 0.4) is 0 Å². The molecule has 2 aromatic heterocycles. The minimum absolute atomic E-state index is 0.0562. The Bertz CT molecular complexity index is 806. The third-order valence-electron chi connectivity index (χ3n) is 5.56. The summed E-state index contributed by atoms with van der Waals surface area (Å²) < 4.78 is 11.3. The highest BCUT2D eigenvalue weighted by atomic mass is 16.5. The molecule has 2 aliphatic rings. The molecule has 2 fully saturated rings. The molecular weight excluding hydrogens is 334 g/mol. The average molecular weight is 359 g/mol. The number of nitrogens with zero attached hydrogens (tertiary/aromatic N) is 3. The van der Waals surface area contributed by atoms with E-state index in [0.717, 1.165) is 55.0 Å². The number of nitrogens with one attached hydrogen (secondary N) is 2. The average Bonchev–Trinajstić information content (AvgIpc) is 3.27. The van der Waals surface area contributed by atoms with Gasteiger partial charge in [-0.2, -0.15) is 5.10 Å². The number of amides is 1. The lowest BCUT2D eigenvalue weighted by atomic mass is 9.90. The highest BCUT2D eigenvalue weighted by Crippen LogP contribution is 2.38. The summed E-state index contributed by atoms with van der Waals surface area (Å²) in [6.45, 7) is 8.97. The Morgan fingerprint density at radius 2 is 2.23 bits per heavy atom. The Morgan fingerprint density at radius 3 is 2.88 bits per heavy atom.